The Morgan fingerprint density at radius 2 is 2.23 bits per heavy atom. The Balaban J connectivity index is 2.13. The van der Waals surface area contributed by atoms with E-state index in [4.69, 9.17) is 11.6 Å². The number of rotatable bonds is 5. The third-order valence-electron chi connectivity index (χ3n) is 3.14. The van der Waals surface area contributed by atoms with Crippen molar-refractivity contribution in [3.63, 3.8) is 0 Å². The van der Waals surface area contributed by atoms with E-state index in [1.807, 2.05) is 5.38 Å². The Bertz CT molecular complexity index is 701. The van der Waals surface area contributed by atoms with Crippen LogP contribution >= 0.6 is 22.9 Å². The summed E-state index contributed by atoms with van der Waals surface area (Å²) in [5, 5.41) is 27.3. The number of hydrogen-bond acceptors (Lipinski definition) is 5. The number of amides is 1. The average molecular weight is 341 g/mol. The number of carbonyl (C=O) groups is 1. The number of hydrogen-bond donors (Lipinski definition) is 2. The number of carbonyl (C=O) groups excluding carboxylic acids is 1. The highest BCUT2D eigenvalue weighted by molar-refractivity contribution is 7.08. The highest BCUT2D eigenvalue weighted by atomic mass is 35.5. The number of nitro groups is 1. The van der Waals surface area contributed by atoms with E-state index in [0.29, 0.717) is 5.56 Å². The molecule has 1 amide bonds. The normalized spacial score (nSPS) is 13.4. The molecule has 1 aromatic heterocycles. The van der Waals surface area contributed by atoms with Gasteiger partial charge in [0.05, 0.1) is 22.1 Å². The number of nitrogens with one attached hydrogen (secondary N) is 1. The maximum Gasteiger partial charge on any atom is 0.270 e. The fourth-order valence-electron chi connectivity index (χ4n) is 1.82. The van der Waals surface area contributed by atoms with E-state index >= 15 is 0 Å². The molecule has 0 fully saturated rings. The van der Waals surface area contributed by atoms with Crippen molar-refractivity contribution in [2.45, 2.75) is 12.5 Å². The SMILES string of the molecule is CC(O)(CNC(=O)c1cc([N+](=O)[O-])ccc1Cl)c1ccsc1. The van der Waals surface area contributed by atoms with Gasteiger partial charge in [-0.05, 0) is 35.4 Å². The van der Waals surface area contributed by atoms with Crippen LogP contribution in [0, 0.1) is 10.1 Å². The fraction of sp³-hybridized carbons (Fsp3) is 0.214. The van der Waals surface area contributed by atoms with E-state index in [2.05, 4.69) is 5.32 Å². The molecule has 1 aromatic carbocycles. The summed E-state index contributed by atoms with van der Waals surface area (Å²) in [6, 6.07) is 5.39. The zero-order valence-electron chi connectivity index (χ0n) is 11.6. The smallest absolute Gasteiger partial charge is 0.270 e. The lowest BCUT2D eigenvalue weighted by atomic mass is 9.99. The van der Waals surface area contributed by atoms with Crippen LogP contribution in [0.3, 0.4) is 0 Å². The summed E-state index contributed by atoms with van der Waals surface area (Å²) in [5.74, 6) is -0.579. The van der Waals surface area contributed by atoms with Crippen molar-refractivity contribution >= 4 is 34.5 Å². The van der Waals surface area contributed by atoms with Gasteiger partial charge in [-0.25, -0.2) is 0 Å². The van der Waals surface area contributed by atoms with Crippen LogP contribution in [0.5, 0.6) is 0 Å². The van der Waals surface area contributed by atoms with Crippen molar-refractivity contribution in [1.82, 2.24) is 5.32 Å². The van der Waals surface area contributed by atoms with Crippen LogP contribution in [0.15, 0.2) is 35.0 Å². The third kappa shape index (κ3) is 3.62. The zero-order chi connectivity index (χ0) is 16.3. The van der Waals surface area contributed by atoms with Gasteiger partial charge >= 0.3 is 0 Å². The molecule has 1 heterocycles. The highest BCUT2D eigenvalue weighted by Gasteiger charge is 2.25. The Morgan fingerprint density at radius 3 is 2.82 bits per heavy atom. The van der Waals surface area contributed by atoms with Gasteiger partial charge in [-0.15, -0.1) is 0 Å². The van der Waals surface area contributed by atoms with E-state index in [9.17, 15) is 20.0 Å². The molecule has 0 spiro atoms. The predicted molar refractivity (Wildman–Crippen MR) is 84.3 cm³/mol. The van der Waals surface area contributed by atoms with Crippen molar-refractivity contribution < 1.29 is 14.8 Å². The van der Waals surface area contributed by atoms with E-state index in [0.717, 1.165) is 6.07 Å². The summed E-state index contributed by atoms with van der Waals surface area (Å²) in [4.78, 5) is 22.3. The molecule has 8 heteroatoms. The van der Waals surface area contributed by atoms with E-state index in [1.54, 1.807) is 18.4 Å². The molecule has 2 aromatic rings. The minimum atomic E-state index is -1.23. The van der Waals surface area contributed by atoms with Crippen molar-refractivity contribution in [2.75, 3.05) is 6.54 Å². The topological polar surface area (TPSA) is 92.5 Å². The fourth-order valence-corrected chi connectivity index (χ4v) is 2.81. The predicted octanol–water partition coefficient (Wildman–Crippen LogP) is 2.95. The molecule has 0 aliphatic rings. The molecule has 0 radical (unpaired) electrons. The lowest BCUT2D eigenvalue weighted by Gasteiger charge is -2.22. The monoisotopic (exact) mass is 340 g/mol. The maximum absolute atomic E-state index is 12.1. The van der Waals surface area contributed by atoms with E-state index in [-0.39, 0.29) is 22.8 Å². The van der Waals surface area contributed by atoms with Crippen LogP contribution in [-0.2, 0) is 5.60 Å². The second-order valence-corrected chi connectivity index (χ2v) is 6.08. The molecule has 116 valence electrons. The number of halogens is 1. The largest absolute Gasteiger partial charge is 0.384 e. The first-order valence-corrected chi connectivity index (χ1v) is 7.60. The lowest BCUT2D eigenvalue weighted by Crippen LogP contribution is -2.38. The number of thiophene rings is 1. The van der Waals surface area contributed by atoms with Gasteiger partial charge in [0, 0.05) is 12.1 Å². The minimum Gasteiger partial charge on any atom is -0.384 e. The van der Waals surface area contributed by atoms with Crippen molar-refractivity contribution in [1.29, 1.82) is 0 Å². The summed E-state index contributed by atoms with van der Waals surface area (Å²) in [7, 11) is 0. The van der Waals surface area contributed by atoms with Crippen LogP contribution in [0.25, 0.3) is 0 Å². The summed E-state index contributed by atoms with van der Waals surface area (Å²) in [5.41, 5.74) is -0.776. The van der Waals surface area contributed by atoms with Gasteiger partial charge in [-0.1, -0.05) is 11.6 Å². The molecular formula is C14H13ClN2O4S. The molecule has 6 nitrogen and oxygen atoms in total. The van der Waals surface area contributed by atoms with E-state index in [1.165, 1.54) is 23.5 Å². The summed E-state index contributed by atoms with van der Waals surface area (Å²) >= 11 is 7.34. The van der Waals surface area contributed by atoms with Gasteiger partial charge < -0.3 is 10.4 Å². The molecular weight excluding hydrogens is 328 g/mol. The maximum atomic E-state index is 12.1. The van der Waals surface area contributed by atoms with Gasteiger partial charge in [0.2, 0.25) is 0 Å². The third-order valence-corrected chi connectivity index (χ3v) is 4.15. The average Bonchev–Trinajstić information content (AvgIpc) is 3.00. The molecule has 2 rings (SSSR count). The second kappa shape index (κ2) is 6.43. The molecule has 22 heavy (non-hydrogen) atoms. The molecule has 1 unspecified atom stereocenters. The van der Waals surface area contributed by atoms with Gasteiger partial charge in [0.15, 0.2) is 0 Å². The quantitative estimate of drug-likeness (QED) is 0.646. The number of non-ortho nitro benzene ring substituents is 1. The Hall–Kier alpha value is -1.96. The molecule has 0 saturated carbocycles. The Kier molecular flexibility index (Phi) is 4.80. The van der Waals surface area contributed by atoms with Crippen molar-refractivity contribution in [3.05, 3.63) is 61.3 Å². The molecule has 0 aliphatic carbocycles. The van der Waals surface area contributed by atoms with Gasteiger partial charge in [0.1, 0.15) is 5.60 Å². The molecule has 0 bridgehead atoms. The van der Waals surface area contributed by atoms with Crippen LogP contribution in [0.2, 0.25) is 5.02 Å². The first-order valence-electron chi connectivity index (χ1n) is 6.28. The van der Waals surface area contributed by atoms with Gasteiger partial charge in [-0.3, -0.25) is 14.9 Å². The summed E-state index contributed by atoms with van der Waals surface area (Å²) < 4.78 is 0. The summed E-state index contributed by atoms with van der Waals surface area (Å²) in [6.45, 7) is 1.53. The first kappa shape index (κ1) is 16.4. The molecule has 2 N–H and O–H groups in total. The summed E-state index contributed by atoms with van der Waals surface area (Å²) in [6.07, 6.45) is 0. The number of benzene rings is 1. The Morgan fingerprint density at radius 1 is 1.50 bits per heavy atom. The molecule has 0 aliphatic heterocycles. The highest BCUT2D eigenvalue weighted by Crippen LogP contribution is 2.24. The van der Waals surface area contributed by atoms with Crippen molar-refractivity contribution in [2.24, 2.45) is 0 Å². The minimum absolute atomic E-state index is 0.00279. The Labute approximate surface area is 135 Å². The van der Waals surface area contributed by atoms with Gasteiger partial charge in [0.25, 0.3) is 11.6 Å². The molecule has 0 saturated heterocycles. The molecule has 1 atom stereocenters. The first-order chi connectivity index (χ1) is 10.3. The number of nitrogens with zero attached hydrogens (tertiary/aromatic N) is 1. The standard InChI is InChI=1S/C14H13ClN2O4S/c1-14(19,9-4-5-22-7-9)8-16-13(18)11-6-10(17(20)21)2-3-12(11)15/h2-7,19H,8H2,1H3,(H,16,18). The van der Waals surface area contributed by atoms with E-state index < -0.39 is 16.4 Å². The van der Waals surface area contributed by atoms with Crippen LogP contribution in [-0.4, -0.2) is 22.5 Å². The zero-order valence-corrected chi connectivity index (χ0v) is 13.1. The lowest BCUT2D eigenvalue weighted by molar-refractivity contribution is -0.384. The second-order valence-electron chi connectivity index (χ2n) is 4.89. The van der Waals surface area contributed by atoms with Crippen LogP contribution in [0.1, 0.15) is 22.8 Å². The number of nitro benzene ring substituents is 1. The van der Waals surface area contributed by atoms with Crippen LogP contribution in [0.4, 0.5) is 5.69 Å². The number of aliphatic hydroxyl groups is 1. The van der Waals surface area contributed by atoms with Crippen molar-refractivity contribution in [3.8, 4) is 0 Å². The van der Waals surface area contributed by atoms with Gasteiger partial charge in [-0.2, -0.15) is 11.3 Å². The van der Waals surface area contributed by atoms with Crippen LogP contribution < -0.4 is 5.32 Å².